The molecule has 1 aliphatic rings. The van der Waals surface area contributed by atoms with Gasteiger partial charge in [-0.3, -0.25) is 9.59 Å². The molecule has 0 unspecified atom stereocenters. The van der Waals surface area contributed by atoms with E-state index in [2.05, 4.69) is 15.4 Å². The molecule has 4 rings (SSSR count). The van der Waals surface area contributed by atoms with Crippen molar-refractivity contribution >= 4 is 11.8 Å². The van der Waals surface area contributed by atoms with Crippen molar-refractivity contribution in [2.24, 2.45) is 0 Å². The van der Waals surface area contributed by atoms with Crippen LogP contribution in [0.25, 0.3) is 5.82 Å². The number of likely N-dealkylation sites (tertiary alicyclic amines) is 1. The van der Waals surface area contributed by atoms with Crippen LogP contribution >= 0.6 is 0 Å². The Balaban J connectivity index is 1.42. The molecule has 8 nitrogen and oxygen atoms in total. The van der Waals surface area contributed by atoms with Crippen molar-refractivity contribution in [1.29, 1.82) is 0 Å². The lowest BCUT2D eigenvalue weighted by Gasteiger charge is -2.31. The number of hydrogen-bond donors (Lipinski definition) is 1. The summed E-state index contributed by atoms with van der Waals surface area (Å²) in [4.78, 5) is 31.5. The van der Waals surface area contributed by atoms with Gasteiger partial charge in [-0.15, -0.1) is 0 Å². The largest absolute Gasteiger partial charge is 0.459 e. The average Bonchev–Trinajstić information content (AvgIpc) is 3.45. The van der Waals surface area contributed by atoms with Gasteiger partial charge < -0.3 is 14.6 Å². The molecular formula is C22H25N5O3. The summed E-state index contributed by atoms with van der Waals surface area (Å²) in [5.41, 5.74) is 1.39. The van der Waals surface area contributed by atoms with Crippen LogP contribution in [-0.4, -0.2) is 50.6 Å². The molecule has 1 saturated heterocycles. The molecule has 2 amide bonds. The van der Waals surface area contributed by atoms with Gasteiger partial charge in [0.1, 0.15) is 0 Å². The molecule has 3 aromatic heterocycles. The fourth-order valence-corrected chi connectivity index (χ4v) is 3.80. The molecule has 0 radical (unpaired) electrons. The van der Waals surface area contributed by atoms with Crippen molar-refractivity contribution in [1.82, 2.24) is 25.0 Å². The summed E-state index contributed by atoms with van der Waals surface area (Å²) in [6.07, 6.45) is 6.21. The van der Waals surface area contributed by atoms with Gasteiger partial charge in [0.05, 0.1) is 23.7 Å². The molecule has 8 heteroatoms. The lowest BCUT2D eigenvalue weighted by molar-refractivity contribution is 0.0667. The minimum absolute atomic E-state index is 0.0105. The smallest absolute Gasteiger partial charge is 0.289 e. The minimum Gasteiger partial charge on any atom is -0.459 e. The van der Waals surface area contributed by atoms with E-state index in [0.717, 1.165) is 5.69 Å². The summed E-state index contributed by atoms with van der Waals surface area (Å²) < 4.78 is 6.92. The van der Waals surface area contributed by atoms with E-state index < -0.39 is 0 Å². The molecule has 0 atom stereocenters. The highest BCUT2D eigenvalue weighted by atomic mass is 16.3. The van der Waals surface area contributed by atoms with Gasteiger partial charge in [0, 0.05) is 25.3 Å². The lowest BCUT2D eigenvalue weighted by Crippen LogP contribution is -2.46. The summed E-state index contributed by atoms with van der Waals surface area (Å²) in [5.74, 6) is 0.884. The third kappa shape index (κ3) is 3.98. The van der Waals surface area contributed by atoms with Crippen LogP contribution in [0.1, 0.15) is 59.2 Å². The number of nitrogens with zero attached hydrogens (tertiary/aromatic N) is 4. The lowest BCUT2D eigenvalue weighted by atomic mass is 10.0. The molecule has 30 heavy (non-hydrogen) atoms. The minimum atomic E-state index is -0.142. The molecule has 1 N–H and O–H groups in total. The Morgan fingerprint density at radius 2 is 1.97 bits per heavy atom. The topological polar surface area (TPSA) is 93.3 Å². The van der Waals surface area contributed by atoms with Crippen LogP contribution in [0.3, 0.4) is 0 Å². The third-order valence-corrected chi connectivity index (χ3v) is 5.31. The zero-order chi connectivity index (χ0) is 21.1. The molecule has 0 aromatic carbocycles. The standard InChI is InChI=1S/C22H25N5O3/c1-15(2)20-17(14-24-27(20)19-7-3-4-10-23-19)21(28)25-16-8-11-26(12-9-16)22(29)18-6-5-13-30-18/h3-7,10,13-16H,8-9,11-12H2,1-2H3,(H,25,28). The number of nitrogens with one attached hydrogen (secondary N) is 1. The first-order valence-electron chi connectivity index (χ1n) is 10.2. The molecule has 0 saturated carbocycles. The molecule has 3 aromatic rings. The van der Waals surface area contributed by atoms with Gasteiger partial charge in [-0.1, -0.05) is 19.9 Å². The van der Waals surface area contributed by atoms with Gasteiger partial charge in [-0.2, -0.15) is 5.10 Å². The summed E-state index contributed by atoms with van der Waals surface area (Å²) in [7, 11) is 0. The van der Waals surface area contributed by atoms with Gasteiger partial charge in [0.25, 0.3) is 11.8 Å². The molecule has 156 valence electrons. The second kappa shape index (κ2) is 8.52. The number of carbonyl (C=O) groups excluding carboxylic acids is 2. The summed E-state index contributed by atoms with van der Waals surface area (Å²) in [6, 6.07) is 8.99. The van der Waals surface area contributed by atoms with Crippen LogP contribution in [0.15, 0.2) is 53.4 Å². The van der Waals surface area contributed by atoms with E-state index in [1.54, 1.807) is 34.1 Å². The maximum absolute atomic E-state index is 13.0. The first kappa shape index (κ1) is 19.9. The van der Waals surface area contributed by atoms with Crippen LogP contribution in [0.5, 0.6) is 0 Å². The van der Waals surface area contributed by atoms with E-state index in [-0.39, 0.29) is 23.8 Å². The SMILES string of the molecule is CC(C)c1c(C(=O)NC2CCN(C(=O)c3ccco3)CC2)cnn1-c1ccccn1. The van der Waals surface area contributed by atoms with E-state index in [0.29, 0.717) is 43.1 Å². The van der Waals surface area contributed by atoms with Crippen LogP contribution in [0.4, 0.5) is 0 Å². The molecule has 1 fully saturated rings. The highest BCUT2D eigenvalue weighted by Crippen LogP contribution is 2.23. The summed E-state index contributed by atoms with van der Waals surface area (Å²) in [5, 5.41) is 7.53. The number of hydrogen-bond acceptors (Lipinski definition) is 5. The Labute approximate surface area is 174 Å². The number of amides is 2. The number of furan rings is 1. The van der Waals surface area contributed by atoms with Crippen molar-refractivity contribution in [2.45, 2.75) is 38.6 Å². The first-order chi connectivity index (χ1) is 14.5. The molecular weight excluding hydrogens is 382 g/mol. The Morgan fingerprint density at radius 3 is 2.60 bits per heavy atom. The average molecular weight is 407 g/mol. The number of carbonyl (C=O) groups is 2. The predicted octanol–water partition coefficient (Wildman–Crippen LogP) is 3.02. The van der Waals surface area contributed by atoms with Crippen molar-refractivity contribution in [3.63, 3.8) is 0 Å². The zero-order valence-corrected chi connectivity index (χ0v) is 17.1. The fraction of sp³-hybridized carbons (Fsp3) is 0.364. The number of piperidine rings is 1. The van der Waals surface area contributed by atoms with Crippen molar-refractivity contribution in [2.75, 3.05) is 13.1 Å². The van der Waals surface area contributed by atoms with E-state index >= 15 is 0 Å². The highest BCUT2D eigenvalue weighted by Gasteiger charge is 2.28. The van der Waals surface area contributed by atoms with Gasteiger partial charge in [-0.25, -0.2) is 9.67 Å². The second-order valence-corrected chi connectivity index (χ2v) is 7.72. The maximum atomic E-state index is 13.0. The van der Waals surface area contributed by atoms with Gasteiger partial charge in [0.2, 0.25) is 0 Å². The van der Waals surface area contributed by atoms with Crippen LogP contribution in [0, 0.1) is 0 Å². The number of rotatable bonds is 5. The molecule has 0 spiro atoms. The van der Waals surface area contributed by atoms with E-state index in [1.165, 1.54) is 6.26 Å². The van der Waals surface area contributed by atoms with Crippen molar-refractivity contribution in [3.8, 4) is 5.82 Å². The van der Waals surface area contributed by atoms with Crippen molar-refractivity contribution < 1.29 is 14.0 Å². The van der Waals surface area contributed by atoms with Crippen LogP contribution < -0.4 is 5.32 Å². The Morgan fingerprint density at radius 1 is 1.17 bits per heavy atom. The molecule has 0 aliphatic carbocycles. The highest BCUT2D eigenvalue weighted by molar-refractivity contribution is 5.95. The Kier molecular flexibility index (Phi) is 5.65. The summed E-state index contributed by atoms with van der Waals surface area (Å²) >= 11 is 0. The number of aromatic nitrogens is 3. The van der Waals surface area contributed by atoms with E-state index in [4.69, 9.17) is 4.42 Å². The fourth-order valence-electron chi connectivity index (χ4n) is 3.80. The molecule has 4 heterocycles. The van der Waals surface area contributed by atoms with Crippen molar-refractivity contribution in [3.05, 3.63) is 66.0 Å². The molecule has 0 bridgehead atoms. The van der Waals surface area contributed by atoms with Gasteiger partial charge in [0.15, 0.2) is 11.6 Å². The quantitative estimate of drug-likeness (QED) is 0.702. The van der Waals surface area contributed by atoms with Crippen LogP contribution in [0.2, 0.25) is 0 Å². The number of pyridine rings is 1. The van der Waals surface area contributed by atoms with Gasteiger partial charge in [-0.05, 0) is 43.0 Å². The van der Waals surface area contributed by atoms with E-state index in [9.17, 15) is 9.59 Å². The monoisotopic (exact) mass is 407 g/mol. The Bertz CT molecular complexity index is 1000. The zero-order valence-electron chi connectivity index (χ0n) is 17.1. The van der Waals surface area contributed by atoms with Crippen LogP contribution in [-0.2, 0) is 0 Å². The second-order valence-electron chi connectivity index (χ2n) is 7.72. The third-order valence-electron chi connectivity index (χ3n) is 5.31. The molecule has 1 aliphatic heterocycles. The first-order valence-corrected chi connectivity index (χ1v) is 10.2. The maximum Gasteiger partial charge on any atom is 0.289 e. The van der Waals surface area contributed by atoms with E-state index in [1.807, 2.05) is 32.0 Å². The van der Waals surface area contributed by atoms with Gasteiger partial charge >= 0.3 is 0 Å². The predicted molar refractivity (Wildman–Crippen MR) is 111 cm³/mol. The summed E-state index contributed by atoms with van der Waals surface area (Å²) in [6.45, 7) is 5.22. The normalized spacial score (nSPS) is 14.8. The Hall–Kier alpha value is -3.42.